The van der Waals surface area contributed by atoms with Crippen LogP contribution in [0, 0.1) is 0 Å². The molecule has 0 aliphatic rings. The minimum Gasteiger partial charge on any atom is -0.382 e. The van der Waals surface area contributed by atoms with Crippen molar-refractivity contribution in [1.82, 2.24) is 0 Å². The Hall–Kier alpha value is -0.310. The number of carbonyl (C=O) groups excluding carboxylic acids is 2. The van der Waals surface area contributed by atoms with Gasteiger partial charge in [-0.1, -0.05) is 142 Å². The Balaban J connectivity index is 4.26. The second-order valence-electron chi connectivity index (χ2n) is 12.7. The third kappa shape index (κ3) is 23.6. The molecule has 0 saturated carbocycles. The Kier molecular flexibility index (Phi) is 25.4. The lowest BCUT2D eigenvalue weighted by Gasteiger charge is -2.29. The van der Waals surface area contributed by atoms with Crippen LogP contribution in [0.5, 0.6) is 0 Å². The molecule has 0 rings (SSSR count). The molecule has 1 atom stereocenters. The molecule has 1 N–H and O–H groups in total. The van der Waals surface area contributed by atoms with Gasteiger partial charge in [-0.15, -0.1) is 0 Å². The van der Waals surface area contributed by atoms with E-state index in [0.29, 0.717) is 23.9 Å². The molecule has 0 amide bonds. The number of carbonyl (C=O) groups is 2. The normalized spacial score (nSPS) is 12.8. The van der Waals surface area contributed by atoms with E-state index in [0.717, 1.165) is 25.7 Å². The topological polar surface area (TPSA) is 54.4 Å². The molecule has 0 spiro atoms. The molecule has 0 heterocycles. The summed E-state index contributed by atoms with van der Waals surface area (Å²) < 4.78 is 0.567. The molecule has 0 aromatic rings. The number of unbranched alkanes of at least 4 members (excludes halogenated alkanes) is 20. The van der Waals surface area contributed by atoms with E-state index in [4.69, 9.17) is 0 Å². The summed E-state index contributed by atoms with van der Waals surface area (Å²) in [4.78, 5) is 26.2. The summed E-state index contributed by atoms with van der Waals surface area (Å²) in [6, 6.07) is 0. The second kappa shape index (κ2) is 25.6. The average molecular weight is 557 g/mol. The minimum atomic E-state index is -1.62. The fourth-order valence-corrected chi connectivity index (χ4v) is 7.56. The fraction of sp³-hybridized carbons (Fsp3) is 0.939. The highest BCUT2D eigenvalue weighted by atomic mass is 31.1. The first-order valence-electron chi connectivity index (χ1n) is 16.6. The molecular formula is C33H67NO3P+. The van der Waals surface area contributed by atoms with Gasteiger partial charge in [0, 0.05) is 12.8 Å². The Bertz CT molecular complexity index is 523. The number of nitrogens with zero attached hydrogens (tertiary/aromatic N) is 1. The largest absolute Gasteiger partial charge is 0.382 e. The summed E-state index contributed by atoms with van der Waals surface area (Å²) in [6.45, 7) is 4.97. The Morgan fingerprint density at radius 3 is 1.05 bits per heavy atom. The highest BCUT2D eigenvalue weighted by molar-refractivity contribution is 7.89. The number of rotatable bonds is 29. The molecule has 0 aliphatic carbocycles. The molecule has 0 aromatic heterocycles. The van der Waals surface area contributed by atoms with E-state index in [1.807, 2.05) is 21.1 Å². The molecule has 0 radical (unpaired) electrons. The Labute approximate surface area is 239 Å². The van der Waals surface area contributed by atoms with Crippen molar-refractivity contribution in [2.75, 3.05) is 27.7 Å². The van der Waals surface area contributed by atoms with Crippen LogP contribution in [0.4, 0.5) is 0 Å². The first kappa shape index (κ1) is 37.7. The van der Waals surface area contributed by atoms with Gasteiger partial charge in [-0.3, -0.25) is 9.59 Å². The van der Waals surface area contributed by atoms with Crippen LogP contribution in [-0.4, -0.2) is 54.2 Å². The van der Waals surface area contributed by atoms with E-state index in [-0.39, 0.29) is 11.0 Å². The van der Waals surface area contributed by atoms with Gasteiger partial charge in [-0.25, -0.2) is 0 Å². The van der Waals surface area contributed by atoms with Crippen LogP contribution >= 0.6 is 7.92 Å². The lowest BCUT2D eigenvalue weighted by atomic mass is 10.1. The molecule has 0 aromatic carbocycles. The minimum absolute atomic E-state index is 0.0324. The quantitative estimate of drug-likeness (QED) is 0.0566. The van der Waals surface area contributed by atoms with Crippen LogP contribution < -0.4 is 0 Å². The SMILES string of the molecule is CCCCCCCCCCCCCC(=O)P(C(=O)CCCCCCCCCCCCC)C(O)C[N+](C)(C)C. The molecule has 0 aliphatic heterocycles. The predicted molar refractivity (Wildman–Crippen MR) is 168 cm³/mol. The zero-order chi connectivity index (χ0) is 28.5. The maximum absolute atomic E-state index is 13.1. The first-order chi connectivity index (χ1) is 18.2. The van der Waals surface area contributed by atoms with Gasteiger partial charge in [-0.05, 0) is 12.8 Å². The lowest BCUT2D eigenvalue weighted by Crippen LogP contribution is -2.41. The van der Waals surface area contributed by atoms with Gasteiger partial charge in [0.25, 0.3) is 0 Å². The van der Waals surface area contributed by atoms with Crippen LogP contribution in [0.25, 0.3) is 0 Å². The summed E-state index contributed by atoms with van der Waals surface area (Å²) in [5, 5.41) is 10.9. The molecule has 0 fully saturated rings. The van der Waals surface area contributed by atoms with Crippen LogP contribution in [0.3, 0.4) is 0 Å². The monoisotopic (exact) mass is 556 g/mol. The van der Waals surface area contributed by atoms with Crippen molar-refractivity contribution in [3.63, 3.8) is 0 Å². The summed E-state index contributed by atoms with van der Waals surface area (Å²) in [6.07, 6.45) is 28.4. The number of hydrogen-bond acceptors (Lipinski definition) is 3. The van der Waals surface area contributed by atoms with E-state index in [9.17, 15) is 14.7 Å². The maximum atomic E-state index is 13.1. The Morgan fingerprint density at radius 1 is 0.526 bits per heavy atom. The summed E-state index contributed by atoms with van der Waals surface area (Å²) >= 11 is 0. The second-order valence-corrected chi connectivity index (χ2v) is 15.0. The highest BCUT2D eigenvalue weighted by Gasteiger charge is 2.35. The molecular weight excluding hydrogens is 489 g/mol. The maximum Gasteiger partial charge on any atom is 0.164 e. The summed E-state index contributed by atoms with van der Waals surface area (Å²) in [5.74, 6) is -0.814. The standard InChI is InChI=1S/C33H67NO3P/c1-6-8-10-12-14-16-18-20-22-24-26-28-31(35)38(33(37)30-34(3,4)5)32(36)29-27-25-23-21-19-17-15-13-11-9-7-2/h33,37H,6-30H2,1-5H3/q+1. The van der Waals surface area contributed by atoms with Crippen molar-refractivity contribution in [2.45, 2.75) is 174 Å². The zero-order valence-electron chi connectivity index (χ0n) is 26.4. The molecule has 226 valence electrons. The van der Waals surface area contributed by atoms with E-state index < -0.39 is 13.8 Å². The zero-order valence-corrected chi connectivity index (χ0v) is 27.3. The number of likely N-dealkylation sites (N-methyl/N-ethyl adjacent to an activating group) is 1. The van der Waals surface area contributed by atoms with Gasteiger partial charge >= 0.3 is 0 Å². The molecule has 1 unspecified atom stereocenters. The van der Waals surface area contributed by atoms with Crippen LogP contribution in [-0.2, 0) is 9.59 Å². The smallest absolute Gasteiger partial charge is 0.164 e. The molecule has 0 saturated heterocycles. The average Bonchev–Trinajstić information content (AvgIpc) is 2.85. The van der Waals surface area contributed by atoms with Crippen LogP contribution in [0.1, 0.15) is 168 Å². The summed E-state index contributed by atoms with van der Waals surface area (Å²) in [5.41, 5.74) is 0.0647. The van der Waals surface area contributed by atoms with Gasteiger partial charge < -0.3 is 9.59 Å². The van der Waals surface area contributed by atoms with Crippen molar-refractivity contribution in [3.05, 3.63) is 0 Å². The molecule has 5 heteroatoms. The third-order valence-electron chi connectivity index (χ3n) is 7.53. The summed E-state index contributed by atoms with van der Waals surface area (Å²) in [7, 11) is 4.42. The van der Waals surface area contributed by atoms with Crippen molar-refractivity contribution in [3.8, 4) is 0 Å². The Morgan fingerprint density at radius 2 is 0.789 bits per heavy atom. The van der Waals surface area contributed by atoms with Crippen molar-refractivity contribution >= 4 is 19.0 Å². The van der Waals surface area contributed by atoms with Crippen LogP contribution in [0.15, 0.2) is 0 Å². The molecule has 0 bridgehead atoms. The predicted octanol–water partition coefficient (Wildman–Crippen LogP) is 9.95. The number of aliphatic hydroxyl groups excluding tert-OH is 1. The van der Waals surface area contributed by atoms with Gasteiger partial charge in [0.2, 0.25) is 0 Å². The van der Waals surface area contributed by atoms with Crippen LogP contribution in [0.2, 0.25) is 0 Å². The van der Waals surface area contributed by atoms with E-state index in [1.54, 1.807) is 0 Å². The lowest BCUT2D eigenvalue weighted by molar-refractivity contribution is -0.871. The first-order valence-corrected chi connectivity index (χ1v) is 18.0. The van der Waals surface area contributed by atoms with E-state index >= 15 is 0 Å². The highest BCUT2D eigenvalue weighted by Crippen LogP contribution is 2.45. The van der Waals surface area contributed by atoms with Gasteiger partial charge in [-0.2, -0.15) is 0 Å². The van der Waals surface area contributed by atoms with E-state index in [2.05, 4.69) is 13.8 Å². The van der Waals surface area contributed by atoms with E-state index in [1.165, 1.54) is 116 Å². The third-order valence-corrected chi connectivity index (χ3v) is 9.82. The van der Waals surface area contributed by atoms with Crippen molar-refractivity contribution in [1.29, 1.82) is 0 Å². The molecule has 38 heavy (non-hydrogen) atoms. The number of quaternary nitrogens is 1. The van der Waals surface area contributed by atoms with Gasteiger partial charge in [0.05, 0.1) is 29.1 Å². The molecule has 4 nitrogen and oxygen atoms in total. The van der Waals surface area contributed by atoms with Gasteiger partial charge in [0.1, 0.15) is 12.4 Å². The number of aliphatic hydroxyl groups is 1. The van der Waals surface area contributed by atoms with Gasteiger partial charge in [0.15, 0.2) is 11.0 Å². The number of hydrogen-bond donors (Lipinski definition) is 1. The van der Waals surface area contributed by atoms with Crippen molar-refractivity contribution < 1.29 is 19.2 Å². The fourth-order valence-electron chi connectivity index (χ4n) is 5.16. The van der Waals surface area contributed by atoms with Crippen molar-refractivity contribution in [2.24, 2.45) is 0 Å².